The third kappa shape index (κ3) is 4.52. The largest absolute Gasteiger partial charge is 0.347 e. The van der Waals surface area contributed by atoms with Gasteiger partial charge in [-0.2, -0.15) is 5.10 Å². The zero-order chi connectivity index (χ0) is 20.3. The van der Waals surface area contributed by atoms with Crippen LogP contribution in [0.1, 0.15) is 32.0 Å². The Bertz CT molecular complexity index is 1030. The summed E-state index contributed by atoms with van der Waals surface area (Å²) in [5.74, 6) is -3.47. The number of amides is 2. The van der Waals surface area contributed by atoms with Crippen LogP contribution in [0.3, 0.4) is 0 Å². The van der Waals surface area contributed by atoms with Gasteiger partial charge in [-0.3, -0.25) is 14.7 Å². The Kier molecular flexibility index (Phi) is 5.70. The Balaban J connectivity index is 1.63. The third-order valence-corrected chi connectivity index (χ3v) is 4.20. The van der Waals surface area contributed by atoms with E-state index in [1.54, 1.807) is 0 Å². The number of anilines is 1. The van der Waals surface area contributed by atoms with Crippen molar-refractivity contribution >= 4 is 29.2 Å². The number of halogens is 3. The molecule has 2 amide bonds. The highest BCUT2D eigenvalue weighted by molar-refractivity contribution is 6.34. The lowest BCUT2D eigenvalue weighted by atomic mass is 10.1. The highest BCUT2D eigenvalue weighted by Gasteiger charge is 2.17. The number of carbonyl (C=O) groups is 2. The van der Waals surface area contributed by atoms with Crippen LogP contribution in [0.15, 0.2) is 42.5 Å². The summed E-state index contributed by atoms with van der Waals surface area (Å²) in [6, 6.07) is 10.4. The van der Waals surface area contributed by atoms with Gasteiger partial charge in [0.15, 0.2) is 17.3 Å². The molecule has 0 unspecified atom stereocenters. The maximum atomic E-state index is 13.3. The lowest BCUT2D eigenvalue weighted by molar-refractivity contribution is 0.0945. The van der Waals surface area contributed by atoms with Gasteiger partial charge in [0, 0.05) is 12.6 Å². The van der Waals surface area contributed by atoms with Gasteiger partial charge >= 0.3 is 0 Å². The van der Waals surface area contributed by atoms with Crippen LogP contribution < -0.4 is 10.6 Å². The van der Waals surface area contributed by atoms with E-state index in [1.165, 1.54) is 6.07 Å². The van der Waals surface area contributed by atoms with Gasteiger partial charge in [0.2, 0.25) is 0 Å². The van der Waals surface area contributed by atoms with Crippen LogP contribution in [0.2, 0.25) is 5.02 Å². The van der Waals surface area contributed by atoms with Crippen LogP contribution in [0.4, 0.5) is 14.6 Å². The van der Waals surface area contributed by atoms with E-state index in [-0.39, 0.29) is 22.1 Å². The Morgan fingerprint density at radius 3 is 2.46 bits per heavy atom. The Hall–Kier alpha value is -3.26. The fraction of sp³-hybridized carbons (Fsp3) is 0.105. The van der Waals surface area contributed by atoms with Gasteiger partial charge in [0.05, 0.1) is 10.6 Å². The molecule has 0 aliphatic heterocycles. The number of H-pyrrole nitrogens is 1. The van der Waals surface area contributed by atoms with Crippen molar-refractivity contribution in [3.05, 3.63) is 81.5 Å². The molecule has 9 heteroatoms. The first kappa shape index (κ1) is 19.5. The number of benzene rings is 2. The quantitative estimate of drug-likeness (QED) is 0.565. The molecule has 0 saturated carbocycles. The fourth-order valence-corrected chi connectivity index (χ4v) is 2.60. The van der Waals surface area contributed by atoms with E-state index in [4.69, 9.17) is 11.6 Å². The van der Waals surface area contributed by atoms with Gasteiger partial charge < -0.3 is 10.6 Å². The highest BCUT2D eigenvalue weighted by atomic mass is 35.5. The van der Waals surface area contributed by atoms with Gasteiger partial charge in [-0.1, -0.05) is 41.4 Å². The molecule has 28 heavy (non-hydrogen) atoms. The number of aromatic amines is 1. The zero-order valence-electron chi connectivity index (χ0n) is 14.6. The lowest BCUT2D eigenvalue weighted by Crippen LogP contribution is -2.23. The van der Waals surface area contributed by atoms with E-state index in [1.807, 2.05) is 31.2 Å². The van der Waals surface area contributed by atoms with Gasteiger partial charge in [-0.15, -0.1) is 0 Å². The predicted octanol–water partition coefficient (Wildman–Crippen LogP) is 3.83. The minimum absolute atomic E-state index is 0.0544. The SMILES string of the molecule is Cc1ccc(CNC(=O)c2cc(NC(=O)c3cc(F)c(F)cc3Cl)[nH]n2)cc1. The van der Waals surface area contributed by atoms with E-state index in [0.29, 0.717) is 18.7 Å². The van der Waals surface area contributed by atoms with Crippen molar-refractivity contribution in [2.45, 2.75) is 13.5 Å². The molecule has 0 bridgehead atoms. The molecule has 0 radical (unpaired) electrons. The lowest BCUT2D eigenvalue weighted by Gasteiger charge is -2.05. The summed E-state index contributed by atoms with van der Waals surface area (Å²) in [4.78, 5) is 24.4. The van der Waals surface area contributed by atoms with Gasteiger partial charge in [0.1, 0.15) is 5.82 Å². The summed E-state index contributed by atoms with van der Waals surface area (Å²) in [7, 11) is 0. The van der Waals surface area contributed by atoms with E-state index in [9.17, 15) is 18.4 Å². The van der Waals surface area contributed by atoms with Crippen LogP contribution in [0.5, 0.6) is 0 Å². The first-order valence-corrected chi connectivity index (χ1v) is 8.56. The van der Waals surface area contributed by atoms with E-state index < -0.39 is 23.4 Å². The maximum Gasteiger partial charge on any atom is 0.272 e. The van der Waals surface area contributed by atoms with Crippen molar-refractivity contribution in [3.8, 4) is 0 Å². The van der Waals surface area contributed by atoms with Crippen LogP contribution in [0.25, 0.3) is 0 Å². The molecule has 0 aliphatic carbocycles. The van der Waals surface area contributed by atoms with E-state index in [0.717, 1.165) is 11.1 Å². The summed E-state index contributed by atoms with van der Waals surface area (Å²) in [5.41, 5.74) is 1.85. The number of aromatic nitrogens is 2. The van der Waals surface area contributed by atoms with E-state index in [2.05, 4.69) is 20.8 Å². The number of rotatable bonds is 5. The zero-order valence-corrected chi connectivity index (χ0v) is 15.4. The molecule has 1 aromatic heterocycles. The molecule has 0 spiro atoms. The summed E-state index contributed by atoms with van der Waals surface area (Å²) < 4.78 is 26.4. The topological polar surface area (TPSA) is 86.9 Å². The van der Waals surface area contributed by atoms with Crippen LogP contribution >= 0.6 is 11.6 Å². The summed E-state index contributed by atoms with van der Waals surface area (Å²) in [6.45, 7) is 2.29. The van der Waals surface area contributed by atoms with Crippen LogP contribution in [0, 0.1) is 18.6 Å². The molecule has 0 atom stereocenters. The average Bonchev–Trinajstić information content (AvgIpc) is 3.12. The minimum Gasteiger partial charge on any atom is -0.347 e. The molecule has 6 nitrogen and oxygen atoms in total. The van der Waals surface area contributed by atoms with Crippen molar-refractivity contribution in [1.82, 2.24) is 15.5 Å². The molecule has 0 saturated heterocycles. The monoisotopic (exact) mass is 404 g/mol. The van der Waals surface area contributed by atoms with Crippen LogP contribution in [-0.2, 0) is 6.54 Å². The third-order valence-electron chi connectivity index (χ3n) is 3.89. The van der Waals surface area contributed by atoms with Crippen molar-refractivity contribution in [3.63, 3.8) is 0 Å². The second-order valence-corrected chi connectivity index (χ2v) is 6.44. The van der Waals surface area contributed by atoms with Gasteiger partial charge in [-0.25, -0.2) is 8.78 Å². The van der Waals surface area contributed by atoms with E-state index >= 15 is 0 Å². The van der Waals surface area contributed by atoms with Crippen LogP contribution in [-0.4, -0.2) is 22.0 Å². The second-order valence-electron chi connectivity index (χ2n) is 6.04. The standard InChI is InChI=1S/C19H15ClF2N4O2/c1-10-2-4-11(5-3-10)9-23-19(28)16-8-17(26-25-16)24-18(27)12-6-14(21)15(22)7-13(12)20/h2-8H,9H2,1H3,(H,23,28)(H2,24,25,26,27). The highest BCUT2D eigenvalue weighted by Crippen LogP contribution is 2.21. The van der Waals surface area contributed by atoms with Crippen molar-refractivity contribution in [1.29, 1.82) is 0 Å². The van der Waals surface area contributed by atoms with Crippen molar-refractivity contribution in [2.75, 3.05) is 5.32 Å². The molecule has 144 valence electrons. The smallest absolute Gasteiger partial charge is 0.272 e. The molecule has 2 aromatic carbocycles. The average molecular weight is 405 g/mol. The first-order chi connectivity index (χ1) is 13.3. The second kappa shape index (κ2) is 8.18. The van der Waals surface area contributed by atoms with Gasteiger partial charge in [0.25, 0.3) is 11.8 Å². The molecule has 3 aromatic rings. The Morgan fingerprint density at radius 1 is 1.07 bits per heavy atom. The fourth-order valence-electron chi connectivity index (χ4n) is 2.37. The minimum atomic E-state index is -1.20. The number of hydrogen-bond acceptors (Lipinski definition) is 3. The molecule has 0 aliphatic rings. The summed E-state index contributed by atoms with van der Waals surface area (Å²) >= 11 is 5.77. The Labute approximate surface area is 163 Å². The molecular weight excluding hydrogens is 390 g/mol. The predicted molar refractivity (Wildman–Crippen MR) is 100 cm³/mol. The maximum absolute atomic E-state index is 13.3. The number of hydrogen-bond donors (Lipinski definition) is 3. The molecule has 0 fully saturated rings. The molecule has 1 heterocycles. The molecule has 3 rings (SSSR count). The van der Waals surface area contributed by atoms with Gasteiger partial charge in [-0.05, 0) is 24.6 Å². The summed E-state index contributed by atoms with van der Waals surface area (Å²) in [5, 5.41) is 11.2. The Morgan fingerprint density at radius 2 is 1.75 bits per heavy atom. The number of aryl methyl sites for hydroxylation is 1. The molecular formula is C19H15ClF2N4O2. The van der Waals surface area contributed by atoms with Crippen molar-refractivity contribution < 1.29 is 18.4 Å². The normalized spacial score (nSPS) is 10.6. The first-order valence-electron chi connectivity index (χ1n) is 8.18. The van der Waals surface area contributed by atoms with Crippen molar-refractivity contribution in [2.24, 2.45) is 0 Å². The number of nitrogens with one attached hydrogen (secondary N) is 3. The number of carbonyl (C=O) groups excluding carboxylic acids is 2. The molecule has 3 N–H and O–H groups in total. The number of nitrogens with zero attached hydrogens (tertiary/aromatic N) is 1. The summed E-state index contributed by atoms with van der Waals surface area (Å²) in [6.07, 6.45) is 0.